The number of benzene rings is 1. The molecule has 0 spiro atoms. The van der Waals surface area contributed by atoms with E-state index in [0.717, 1.165) is 19.0 Å². The second-order valence-electron chi connectivity index (χ2n) is 7.43. The smallest absolute Gasteiger partial charge is 0.191 e. The van der Waals surface area contributed by atoms with Crippen LogP contribution in [0.25, 0.3) is 0 Å². The zero-order valence-corrected chi connectivity index (χ0v) is 17.5. The largest absolute Gasteiger partial charge is 0.367 e. The van der Waals surface area contributed by atoms with Gasteiger partial charge in [-0.05, 0) is 25.5 Å². The van der Waals surface area contributed by atoms with E-state index < -0.39 is 21.5 Å². The van der Waals surface area contributed by atoms with Crippen molar-refractivity contribution in [1.82, 2.24) is 15.5 Å². The van der Waals surface area contributed by atoms with Gasteiger partial charge in [0.1, 0.15) is 11.6 Å². The second-order valence-corrected chi connectivity index (χ2v) is 9.73. The van der Waals surface area contributed by atoms with Crippen LogP contribution in [0, 0.1) is 11.6 Å². The summed E-state index contributed by atoms with van der Waals surface area (Å²) in [6, 6.07) is 3.77. The van der Waals surface area contributed by atoms with Crippen molar-refractivity contribution < 1.29 is 17.2 Å². The van der Waals surface area contributed by atoms with Gasteiger partial charge in [-0.25, -0.2) is 17.2 Å². The third kappa shape index (κ3) is 6.27. The van der Waals surface area contributed by atoms with E-state index in [0.29, 0.717) is 50.9 Å². The SMILES string of the molecule is CCNC(=NCCN1CCS(=O)(=O)CC1)NC1CCN(c2ccc(F)cc2F)C1. The zero-order chi connectivity index (χ0) is 20.9. The highest BCUT2D eigenvalue weighted by molar-refractivity contribution is 7.91. The van der Waals surface area contributed by atoms with Gasteiger partial charge >= 0.3 is 0 Å². The molecule has 29 heavy (non-hydrogen) atoms. The molecule has 2 saturated heterocycles. The fourth-order valence-electron chi connectivity index (χ4n) is 3.63. The first-order chi connectivity index (χ1) is 13.9. The lowest BCUT2D eigenvalue weighted by atomic mass is 10.2. The van der Waals surface area contributed by atoms with Gasteiger partial charge in [-0.1, -0.05) is 0 Å². The molecule has 2 N–H and O–H groups in total. The van der Waals surface area contributed by atoms with E-state index in [1.807, 2.05) is 11.8 Å². The Morgan fingerprint density at radius 1 is 1.24 bits per heavy atom. The lowest BCUT2D eigenvalue weighted by Gasteiger charge is -2.26. The summed E-state index contributed by atoms with van der Waals surface area (Å²) in [6.45, 7) is 6.39. The molecule has 2 aliphatic heterocycles. The van der Waals surface area contributed by atoms with Crippen molar-refractivity contribution in [2.75, 3.05) is 62.2 Å². The molecular weight excluding hydrogens is 400 g/mol. The normalized spacial score (nSPS) is 22.7. The molecule has 162 valence electrons. The van der Waals surface area contributed by atoms with Crippen LogP contribution in [0.2, 0.25) is 0 Å². The summed E-state index contributed by atoms with van der Waals surface area (Å²) in [4.78, 5) is 8.62. The average Bonchev–Trinajstić information content (AvgIpc) is 3.11. The maximum atomic E-state index is 14.0. The summed E-state index contributed by atoms with van der Waals surface area (Å²) in [6.07, 6.45) is 0.825. The maximum Gasteiger partial charge on any atom is 0.191 e. The highest BCUT2D eigenvalue weighted by Gasteiger charge is 2.25. The van der Waals surface area contributed by atoms with Gasteiger partial charge in [0.25, 0.3) is 0 Å². The highest BCUT2D eigenvalue weighted by Crippen LogP contribution is 2.24. The summed E-state index contributed by atoms with van der Waals surface area (Å²) >= 11 is 0. The predicted octanol–water partition coefficient (Wildman–Crippen LogP) is 0.829. The van der Waals surface area contributed by atoms with E-state index in [1.54, 1.807) is 0 Å². The van der Waals surface area contributed by atoms with Crippen molar-refractivity contribution >= 4 is 21.5 Å². The Bertz CT molecular complexity index is 820. The maximum absolute atomic E-state index is 14.0. The number of nitrogens with one attached hydrogen (secondary N) is 2. The molecule has 0 bridgehead atoms. The molecule has 2 fully saturated rings. The molecular formula is C19H29F2N5O2S. The molecule has 1 aromatic rings. The topological polar surface area (TPSA) is 77.0 Å². The van der Waals surface area contributed by atoms with Gasteiger partial charge in [0.2, 0.25) is 0 Å². The van der Waals surface area contributed by atoms with Gasteiger partial charge in [-0.15, -0.1) is 0 Å². The Kier molecular flexibility index (Phi) is 7.28. The zero-order valence-electron chi connectivity index (χ0n) is 16.7. The van der Waals surface area contributed by atoms with Crippen LogP contribution in [0.4, 0.5) is 14.5 Å². The molecule has 0 aliphatic carbocycles. The predicted molar refractivity (Wildman–Crippen MR) is 111 cm³/mol. The van der Waals surface area contributed by atoms with E-state index in [1.165, 1.54) is 12.1 Å². The molecule has 1 atom stereocenters. The Morgan fingerprint density at radius 2 is 2.00 bits per heavy atom. The third-order valence-electron chi connectivity index (χ3n) is 5.25. The van der Waals surface area contributed by atoms with Crippen molar-refractivity contribution in [3.05, 3.63) is 29.8 Å². The van der Waals surface area contributed by atoms with Gasteiger partial charge in [0.15, 0.2) is 15.8 Å². The fourth-order valence-corrected chi connectivity index (χ4v) is 4.90. The number of nitrogens with zero attached hydrogens (tertiary/aromatic N) is 3. The highest BCUT2D eigenvalue weighted by atomic mass is 32.2. The Morgan fingerprint density at radius 3 is 2.69 bits per heavy atom. The summed E-state index contributed by atoms with van der Waals surface area (Å²) in [5, 5.41) is 6.60. The molecule has 0 radical (unpaired) electrons. The Hall–Kier alpha value is -1.94. The minimum absolute atomic E-state index is 0.109. The minimum atomic E-state index is -2.87. The summed E-state index contributed by atoms with van der Waals surface area (Å²) in [7, 11) is -2.87. The van der Waals surface area contributed by atoms with Crippen LogP contribution >= 0.6 is 0 Å². The molecule has 0 saturated carbocycles. The number of anilines is 1. The van der Waals surface area contributed by atoms with Crippen LogP contribution in [0.5, 0.6) is 0 Å². The molecule has 1 aromatic carbocycles. The fraction of sp³-hybridized carbons (Fsp3) is 0.632. The number of halogens is 2. The van der Waals surface area contributed by atoms with Gasteiger partial charge in [-0.2, -0.15) is 0 Å². The monoisotopic (exact) mass is 429 g/mol. The molecule has 7 nitrogen and oxygen atoms in total. The molecule has 0 aromatic heterocycles. The number of hydrogen-bond acceptors (Lipinski definition) is 5. The molecule has 2 aliphatic rings. The number of hydrogen-bond donors (Lipinski definition) is 2. The molecule has 0 amide bonds. The van der Waals surface area contributed by atoms with Gasteiger partial charge < -0.3 is 15.5 Å². The molecule has 2 heterocycles. The van der Waals surface area contributed by atoms with E-state index >= 15 is 0 Å². The molecule has 10 heteroatoms. The number of aliphatic imine (C=N–C) groups is 1. The first-order valence-electron chi connectivity index (χ1n) is 10.0. The van der Waals surface area contributed by atoms with E-state index in [-0.39, 0.29) is 17.5 Å². The Balaban J connectivity index is 1.50. The minimum Gasteiger partial charge on any atom is -0.367 e. The Labute approximate surface area is 171 Å². The van der Waals surface area contributed by atoms with E-state index in [4.69, 9.17) is 0 Å². The molecule has 1 unspecified atom stereocenters. The standard InChI is InChI=1S/C19H29F2N5O2S/c1-2-22-19(23-6-8-25-9-11-29(27,28)12-10-25)24-16-5-7-26(14-16)18-4-3-15(20)13-17(18)21/h3-4,13,16H,2,5-12,14H2,1H3,(H2,22,23,24). The van der Waals surface area contributed by atoms with Crippen LogP contribution in [-0.4, -0.2) is 82.6 Å². The summed E-state index contributed by atoms with van der Waals surface area (Å²) < 4.78 is 50.2. The summed E-state index contributed by atoms with van der Waals surface area (Å²) in [5.41, 5.74) is 0.415. The average molecular weight is 430 g/mol. The van der Waals surface area contributed by atoms with Crippen LogP contribution in [0.15, 0.2) is 23.2 Å². The van der Waals surface area contributed by atoms with Gasteiger partial charge in [0, 0.05) is 51.4 Å². The van der Waals surface area contributed by atoms with Gasteiger partial charge in [-0.3, -0.25) is 9.89 Å². The van der Waals surface area contributed by atoms with Crippen LogP contribution in [0.1, 0.15) is 13.3 Å². The molecule has 3 rings (SSSR count). The van der Waals surface area contributed by atoms with Crippen molar-refractivity contribution in [2.24, 2.45) is 4.99 Å². The van der Waals surface area contributed by atoms with Crippen LogP contribution in [0.3, 0.4) is 0 Å². The van der Waals surface area contributed by atoms with E-state index in [2.05, 4.69) is 20.5 Å². The quantitative estimate of drug-likeness (QED) is 0.515. The van der Waals surface area contributed by atoms with Crippen molar-refractivity contribution in [2.45, 2.75) is 19.4 Å². The van der Waals surface area contributed by atoms with Crippen molar-refractivity contribution in [3.63, 3.8) is 0 Å². The van der Waals surface area contributed by atoms with Crippen LogP contribution < -0.4 is 15.5 Å². The first kappa shape index (κ1) is 21.8. The first-order valence-corrected chi connectivity index (χ1v) is 11.9. The van der Waals surface area contributed by atoms with Crippen molar-refractivity contribution in [1.29, 1.82) is 0 Å². The number of sulfone groups is 1. The number of guanidine groups is 1. The van der Waals surface area contributed by atoms with Crippen molar-refractivity contribution in [3.8, 4) is 0 Å². The summed E-state index contributed by atoms with van der Waals surface area (Å²) in [5.74, 6) is 0.00563. The third-order valence-corrected chi connectivity index (χ3v) is 6.86. The van der Waals surface area contributed by atoms with Crippen LogP contribution in [-0.2, 0) is 9.84 Å². The van der Waals surface area contributed by atoms with E-state index in [9.17, 15) is 17.2 Å². The van der Waals surface area contributed by atoms with Gasteiger partial charge in [0.05, 0.1) is 23.7 Å². The second kappa shape index (κ2) is 9.71. The lowest BCUT2D eigenvalue weighted by Crippen LogP contribution is -2.45. The lowest BCUT2D eigenvalue weighted by molar-refractivity contribution is 0.304. The number of rotatable bonds is 6.